The van der Waals surface area contributed by atoms with E-state index in [0.717, 1.165) is 18.1 Å². The van der Waals surface area contributed by atoms with Gasteiger partial charge in [0.2, 0.25) is 0 Å². The van der Waals surface area contributed by atoms with Crippen molar-refractivity contribution in [2.75, 3.05) is 13.7 Å². The lowest BCUT2D eigenvalue weighted by molar-refractivity contribution is 0.151. The number of nitrogens with one attached hydrogen (secondary N) is 1. The molecular formula is C16H27NO2. The Bertz CT molecular complexity index is 397. The first-order chi connectivity index (χ1) is 9.08. The van der Waals surface area contributed by atoms with Gasteiger partial charge in [0.15, 0.2) is 0 Å². The highest BCUT2D eigenvalue weighted by Gasteiger charge is 2.40. The Kier molecular flexibility index (Phi) is 4.69. The molecule has 1 N–H and O–H groups in total. The standard InChI is InChI=1S/C16H27NO2/c1-5-17-15(13-7-6-10-16(13,2)3)14-9-8-12(19-14)11-18-4/h8-9,13,15,17H,5-7,10-11H2,1-4H3. The molecule has 1 aliphatic rings. The summed E-state index contributed by atoms with van der Waals surface area (Å²) in [6, 6.07) is 4.47. The summed E-state index contributed by atoms with van der Waals surface area (Å²) in [7, 11) is 1.70. The number of furan rings is 1. The summed E-state index contributed by atoms with van der Waals surface area (Å²) < 4.78 is 11.1. The largest absolute Gasteiger partial charge is 0.462 e. The minimum Gasteiger partial charge on any atom is -0.462 e. The molecule has 0 spiro atoms. The lowest BCUT2D eigenvalue weighted by Crippen LogP contribution is -2.33. The minimum absolute atomic E-state index is 0.327. The van der Waals surface area contributed by atoms with E-state index in [9.17, 15) is 0 Å². The van der Waals surface area contributed by atoms with Crippen LogP contribution in [0, 0.1) is 11.3 Å². The van der Waals surface area contributed by atoms with E-state index in [1.165, 1.54) is 19.3 Å². The maximum atomic E-state index is 5.96. The molecule has 2 atom stereocenters. The summed E-state index contributed by atoms with van der Waals surface area (Å²) in [6.45, 7) is 8.44. The van der Waals surface area contributed by atoms with Crippen LogP contribution in [0.15, 0.2) is 16.5 Å². The first-order valence-corrected chi connectivity index (χ1v) is 7.39. The fraction of sp³-hybridized carbons (Fsp3) is 0.750. The molecule has 0 aliphatic heterocycles. The Hall–Kier alpha value is -0.800. The molecule has 2 rings (SSSR count). The van der Waals surface area contributed by atoms with E-state index >= 15 is 0 Å². The fourth-order valence-corrected chi connectivity index (χ4v) is 3.41. The van der Waals surface area contributed by atoms with Crippen LogP contribution in [0.1, 0.15) is 57.6 Å². The number of methoxy groups -OCH3 is 1. The fourth-order valence-electron chi connectivity index (χ4n) is 3.41. The van der Waals surface area contributed by atoms with Gasteiger partial charge in [-0.25, -0.2) is 0 Å². The summed E-state index contributed by atoms with van der Waals surface area (Å²) in [5.74, 6) is 2.62. The Morgan fingerprint density at radius 1 is 1.47 bits per heavy atom. The molecule has 108 valence electrons. The molecule has 2 unspecified atom stereocenters. The molecule has 19 heavy (non-hydrogen) atoms. The van der Waals surface area contributed by atoms with Crippen LogP contribution < -0.4 is 5.32 Å². The summed E-state index contributed by atoms with van der Waals surface area (Å²) in [6.07, 6.45) is 3.92. The van der Waals surface area contributed by atoms with Gasteiger partial charge in [-0.1, -0.05) is 27.2 Å². The molecule has 0 saturated heterocycles. The average molecular weight is 265 g/mol. The second kappa shape index (κ2) is 6.10. The summed E-state index contributed by atoms with van der Waals surface area (Å²) in [4.78, 5) is 0. The molecule has 1 aromatic heterocycles. The zero-order chi connectivity index (χ0) is 13.9. The van der Waals surface area contributed by atoms with E-state index in [-0.39, 0.29) is 0 Å². The van der Waals surface area contributed by atoms with Crippen molar-refractivity contribution >= 4 is 0 Å². The predicted molar refractivity (Wildman–Crippen MR) is 77.0 cm³/mol. The van der Waals surface area contributed by atoms with Gasteiger partial charge in [-0.2, -0.15) is 0 Å². The van der Waals surface area contributed by atoms with E-state index in [2.05, 4.69) is 32.2 Å². The van der Waals surface area contributed by atoms with Gasteiger partial charge >= 0.3 is 0 Å². The van der Waals surface area contributed by atoms with Crippen LogP contribution in [0.2, 0.25) is 0 Å². The second-order valence-electron chi connectivity index (χ2n) is 6.26. The molecule has 0 radical (unpaired) electrons. The summed E-state index contributed by atoms with van der Waals surface area (Å²) in [5.41, 5.74) is 0.390. The zero-order valence-corrected chi connectivity index (χ0v) is 12.7. The smallest absolute Gasteiger partial charge is 0.129 e. The van der Waals surface area contributed by atoms with Crippen molar-refractivity contribution in [1.82, 2.24) is 5.32 Å². The van der Waals surface area contributed by atoms with Crippen molar-refractivity contribution in [3.05, 3.63) is 23.7 Å². The molecule has 3 heteroatoms. The maximum absolute atomic E-state index is 5.96. The highest BCUT2D eigenvalue weighted by Crippen LogP contribution is 2.48. The van der Waals surface area contributed by atoms with E-state index < -0.39 is 0 Å². The second-order valence-corrected chi connectivity index (χ2v) is 6.26. The molecule has 1 fully saturated rings. The van der Waals surface area contributed by atoms with Gasteiger partial charge in [0, 0.05) is 7.11 Å². The molecule has 0 amide bonds. The van der Waals surface area contributed by atoms with Crippen LogP contribution in [-0.4, -0.2) is 13.7 Å². The van der Waals surface area contributed by atoms with Crippen LogP contribution in [0.5, 0.6) is 0 Å². The van der Waals surface area contributed by atoms with Crippen LogP contribution in [-0.2, 0) is 11.3 Å². The first-order valence-electron chi connectivity index (χ1n) is 7.39. The minimum atomic E-state index is 0.327. The van der Waals surface area contributed by atoms with Gasteiger partial charge in [-0.15, -0.1) is 0 Å². The van der Waals surface area contributed by atoms with Gasteiger partial charge < -0.3 is 14.5 Å². The average Bonchev–Trinajstić information content (AvgIpc) is 2.94. The molecule has 1 heterocycles. The van der Waals surface area contributed by atoms with Crippen molar-refractivity contribution < 1.29 is 9.15 Å². The lowest BCUT2D eigenvalue weighted by Gasteiger charge is -2.33. The number of hydrogen-bond acceptors (Lipinski definition) is 3. The Morgan fingerprint density at radius 2 is 2.26 bits per heavy atom. The van der Waals surface area contributed by atoms with Crippen LogP contribution in [0.3, 0.4) is 0 Å². The van der Waals surface area contributed by atoms with Crippen molar-refractivity contribution in [2.24, 2.45) is 11.3 Å². The number of hydrogen-bond donors (Lipinski definition) is 1. The van der Waals surface area contributed by atoms with Gasteiger partial charge in [-0.3, -0.25) is 0 Å². The maximum Gasteiger partial charge on any atom is 0.129 e. The molecule has 1 saturated carbocycles. The van der Waals surface area contributed by atoms with Crippen molar-refractivity contribution in [1.29, 1.82) is 0 Å². The highest BCUT2D eigenvalue weighted by molar-refractivity contribution is 5.13. The number of rotatable bonds is 6. The number of ether oxygens (including phenoxy) is 1. The lowest BCUT2D eigenvalue weighted by atomic mass is 9.77. The van der Waals surface area contributed by atoms with E-state index in [0.29, 0.717) is 24.0 Å². The molecular weight excluding hydrogens is 238 g/mol. The predicted octanol–water partition coefficient (Wildman–Crippen LogP) is 3.90. The van der Waals surface area contributed by atoms with Crippen molar-refractivity contribution in [3.63, 3.8) is 0 Å². The Labute approximate surface area is 116 Å². The monoisotopic (exact) mass is 265 g/mol. The summed E-state index contributed by atoms with van der Waals surface area (Å²) >= 11 is 0. The van der Waals surface area contributed by atoms with Crippen molar-refractivity contribution in [2.45, 2.75) is 52.7 Å². The SMILES string of the molecule is CCNC(c1ccc(COC)o1)C1CCCC1(C)C. The third kappa shape index (κ3) is 3.21. The van der Waals surface area contributed by atoms with Gasteiger partial charge in [0.1, 0.15) is 18.1 Å². The van der Waals surface area contributed by atoms with E-state index in [1.54, 1.807) is 7.11 Å². The highest BCUT2D eigenvalue weighted by atomic mass is 16.5. The van der Waals surface area contributed by atoms with E-state index in [4.69, 9.17) is 9.15 Å². The Balaban J connectivity index is 2.18. The Morgan fingerprint density at radius 3 is 2.84 bits per heavy atom. The summed E-state index contributed by atoms with van der Waals surface area (Å²) in [5, 5.41) is 3.62. The zero-order valence-electron chi connectivity index (χ0n) is 12.7. The molecule has 0 bridgehead atoms. The molecule has 1 aliphatic carbocycles. The quantitative estimate of drug-likeness (QED) is 0.847. The third-order valence-electron chi connectivity index (χ3n) is 4.44. The molecule has 3 nitrogen and oxygen atoms in total. The molecule has 0 aromatic carbocycles. The van der Waals surface area contributed by atoms with Crippen molar-refractivity contribution in [3.8, 4) is 0 Å². The van der Waals surface area contributed by atoms with Crippen LogP contribution in [0.4, 0.5) is 0 Å². The first kappa shape index (κ1) is 14.6. The topological polar surface area (TPSA) is 34.4 Å². The van der Waals surface area contributed by atoms with Crippen LogP contribution in [0.25, 0.3) is 0 Å². The van der Waals surface area contributed by atoms with Crippen LogP contribution >= 0.6 is 0 Å². The van der Waals surface area contributed by atoms with Gasteiger partial charge in [0.05, 0.1) is 6.04 Å². The normalized spacial score (nSPS) is 23.7. The van der Waals surface area contributed by atoms with Gasteiger partial charge in [0.25, 0.3) is 0 Å². The molecule has 1 aromatic rings. The van der Waals surface area contributed by atoms with Gasteiger partial charge in [-0.05, 0) is 42.9 Å². The third-order valence-corrected chi connectivity index (χ3v) is 4.44. The van der Waals surface area contributed by atoms with E-state index in [1.807, 2.05) is 6.07 Å².